The maximum Gasteiger partial charge on any atom is 0.408 e. The molecule has 0 bridgehead atoms. The van der Waals surface area contributed by atoms with Gasteiger partial charge in [-0.25, -0.2) is 4.79 Å². The Balaban J connectivity index is 2.83. The fourth-order valence-electron chi connectivity index (χ4n) is 1.73. The number of nitriles is 1. The number of carbonyl (C=O) groups excluding carboxylic acids is 1. The van der Waals surface area contributed by atoms with Crippen molar-refractivity contribution in [3.8, 4) is 6.07 Å². The van der Waals surface area contributed by atoms with Gasteiger partial charge in [0.2, 0.25) is 0 Å². The van der Waals surface area contributed by atoms with E-state index < -0.39 is 11.7 Å². The molecule has 5 heteroatoms. The van der Waals surface area contributed by atoms with Gasteiger partial charge in [0.05, 0.1) is 17.7 Å². The summed E-state index contributed by atoms with van der Waals surface area (Å²) in [6, 6.07) is 8.59. The molecule has 1 aromatic carbocycles. The summed E-state index contributed by atoms with van der Waals surface area (Å²) < 4.78 is 5.20. The number of aliphatic hydroxyl groups excluding tert-OH is 1. The molecule has 0 aliphatic rings. The number of nitrogens with one attached hydrogen (secondary N) is 1. The van der Waals surface area contributed by atoms with Gasteiger partial charge in [0, 0.05) is 6.61 Å². The molecule has 5 nitrogen and oxygen atoms in total. The van der Waals surface area contributed by atoms with Gasteiger partial charge in [-0.2, -0.15) is 5.26 Å². The number of nitrogens with zero attached hydrogens (tertiary/aromatic N) is 1. The van der Waals surface area contributed by atoms with Gasteiger partial charge in [-0.1, -0.05) is 12.1 Å². The molecule has 0 aliphatic heterocycles. The SMILES string of the molecule is CC(C)(C)OC(=O)NC(CCO)c1cccc(C#N)c1. The van der Waals surface area contributed by atoms with Crippen LogP contribution in [0.15, 0.2) is 24.3 Å². The number of amides is 1. The summed E-state index contributed by atoms with van der Waals surface area (Å²) in [4.78, 5) is 11.8. The smallest absolute Gasteiger partial charge is 0.408 e. The van der Waals surface area contributed by atoms with Crippen LogP contribution in [0.1, 0.15) is 44.4 Å². The van der Waals surface area contributed by atoms with Crippen LogP contribution in [0.5, 0.6) is 0 Å². The molecule has 0 saturated carbocycles. The quantitative estimate of drug-likeness (QED) is 0.885. The van der Waals surface area contributed by atoms with Gasteiger partial charge >= 0.3 is 6.09 Å². The molecule has 108 valence electrons. The van der Waals surface area contributed by atoms with Crippen LogP contribution in [0, 0.1) is 11.3 Å². The van der Waals surface area contributed by atoms with Crippen molar-refractivity contribution in [2.75, 3.05) is 6.61 Å². The normalized spacial score (nSPS) is 12.3. The maximum atomic E-state index is 11.8. The van der Waals surface area contributed by atoms with Crippen molar-refractivity contribution in [1.29, 1.82) is 5.26 Å². The monoisotopic (exact) mass is 276 g/mol. The summed E-state index contributed by atoms with van der Waals surface area (Å²) >= 11 is 0. The van der Waals surface area contributed by atoms with Crippen LogP contribution in [0.25, 0.3) is 0 Å². The van der Waals surface area contributed by atoms with Crippen molar-refractivity contribution < 1.29 is 14.6 Å². The first-order chi connectivity index (χ1) is 9.35. The van der Waals surface area contributed by atoms with Crippen LogP contribution in [0.3, 0.4) is 0 Å². The minimum Gasteiger partial charge on any atom is -0.444 e. The molecule has 0 saturated heterocycles. The highest BCUT2D eigenvalue weighted by molar-refractivity contribution is 5.68. The molecule has 1 rings (SSSR count). The third kappa shape index (κ3) is 5.29. The second-order valence-electron chi connectivity index (χ2n) is 5.45. The molecule has 0 radical (unpaired) electrons. The average Bonchev–Trinajstić information content (AvgIpc) is 2.36. The predicted octanol–water partition coefficient (Wildman–Crippen LogP) is 2.51. The molecule has 1 amide bonds. The number of hydrogen-bond acceptors (Lipinski definition) is 4. The molecule has 0 fully saturated rings. The van der Waals surface area contributed by atoms with Crippen LogP contribution < -0.4 is 5.32 Å². The number of carbonyl (C=O) groups is 1. The summed E-state index contributed by atoms with van der Waals surface area (Å²) in [7, 11) is 0. The largest absolute Gasteiger partial charge is 0.444 e. The summed E-state index contributed by atoms with van der Waals surface area (Å²) in [5.74, 6) is 0. The van der Waals surface area contributed by atoms with Crippen molar-refractivity contribution in [2.45, 2.75) is 38.8 Å². The zero-order valence-electron chi connectivity index (χ0n) is 12.0. The van der Waals surface area contributed by atoms with Gasteiger partial charge in [-0.15, -0.1) is 0 Å². The molecule has 1 atom stereocenters. The first-order valence-electron chi connectivity index (χ1n) is 6.46. The van der Waals surface area contributed by atoms with Crippen molar-refractivity contribution >= 4 is 6.09 Å². The van der Waals surface area contributed by atoms with E-state index in [1.54, 1.807) is 45.0 Å². The lowest BCUT2D eigenvalue weighted by atomic mass is 10.0. The molecule has 0 spiro atoms. The molecule has 2 N–H and O–H groups in total. The van der Waals surface area contributed by atoms with Crippen molar-refractivity contribution in [2.24, 2.45) is 0 Å². The minimum atomic E-state index is -0.581. The molecule has 0 heterocycles. The second-order valence-corrected chi connectivity index (χ2v) is 5.45. The molecule has 0 aromatic heterocycles. The van der Waals surface area contributed by atoms with E-state index in [1.165, 1.54) is 0 Å². The molecule has 20 heavy (non-hydrogen) atoms. The lowest BCUT2D eigenvalue weighted by Gasteiger charge is -2.23. The Hall–Kier alpha value is -2.06. The maximum absolute atomic E-state index is 11.8. The van der Waals surface area contributed by atoms with Crippen molar-refractivity contribution in [3.05, 3.63) is 35.4 Å². The second kappa shape index (κ2) is 6.92. The van der Waals surface area contributed by atoms with Gasteiger partial charge in [0.15, 0.2) is 0 Å². The Labute approximate surface area is 119 Å². The predicted molar refractivity (Wildman–Crippen MR) is 75.0 cm³/mol. The lowest BCUT2D eigenvalue weighted by Crippen LogP contribution is -2.35. The lowest BCUT2D eigenvalue weighted by molar-refractivity contribution is 0.0496. The summed E-state index contributed by atoms with van der Waals surface area (Å²) in [6.45, 7) is 5.27. The van der Waals surface area contributed by atoms with Gasteiger partial charge in [-0.05, 0) is 44.9 Å². The number of ether oxygens (including phenoxy) is 1. The van der Waals surface area contributed by atoms with Crippen LogP contribution >= 0.6 is 0 Å². The number of hydrogen-bond donors (Lipinski definition) is 2. The van der Waals surface area contributed by atoms with E-state index in [4.69, 9.17) is 15.1 Å². The number of rotatable bonds is 4. The Morgan fingerprint density at radius 3 is 2.75 bits per heavy atom. The standard InChI is InChI=1S/C15H20N2O3/c1-15(2,3)20-14(19)17-13(7-8-18)12-6-4-5-11(9-12)10-16/h4-6,9,13,18H,7-8H2,1-3H3,(H,17,19). The highest BCUT2D eigenvalue weighted by Crippen LogP contribution is 2.19. The van der Waals surface area contributed by atoms with E-state index in [2.05, 4.69) is 5.32 Å². The first-order valence-corrected chi connectivity index (χ1v) is 6.46. The molecule has 1 unspecified atom stereocenters. The zero-order chi connectivity index (χ0) is 15.2. The fourth-order valence-corrected chi connectivity index (χ4v) is 1.73. The molecular weight excluding hydrogens is 256 g/mol. The van der Waals surface area contributed by atoms with E-state index in [9.17, 15) is 4.79 Å². The zero-order valence-corrected chi connectivity index (χ0v) is 12.0. The minimum absolute atomic E-state index is 0.0722. The summed E-state index contributed by atoms with van der Waals surface area (Å²) in [6.07, 6.45) is -0.188. The highest BCUT2D eigenvalue weighted by Gasteiger charge is 2.20. The molecule has 1 aromatic rings. The Kier molecular flexibility index (Phi) is 5.53. The Bertz CT molecular complexity index is 501. The summed E-state index contributed by atoms with van der Waals surface area (Å²) in [5.41, 5.74) is 0.697. The van der Waals surface area contributed by atoms with Gasteiger partial charge < -0.3 is 15.2 Å². The van der Waals surface area contributed by atoms with Crippen LogP contribution in [-0.2, 0) is 4.74 Å². The Morgan fingerprint density at radius 1 is 1.50 bits per heavy atom. The van der Waals surface area contributed by atoms with Crippen LogP contribution in [-0.4, -0.2) is 23.4 Å². The van der Waals surface area contributed by atoms with Gasteiger partial charge in [-0.3, -0.25) is 0 Å². The summed E-state index contributed by atoms with van der Waals surface area (Å²) in [5, 5.41) is 20.7. The van der Waals surface area contributed by atoms with E-state index in [1.807, 2.05) is 6.07 Å². The number of aliphatic hydroxyl groups is 1. The van der Waals surface area contributed by atoms with E-state index in [0.717, 1.165) is 5.56 Å². The van der Waals surface area contributed by atoms with E-state index >= 15 is 0 Å². The third-order valence-electron chi connectivity index (χ3n) is 2.53. The van der Waals surface area contributed by atoms with Crippen LogP contribution in [0.2, 0.25) is 0 Å². The number of benzene rings is 1. The van der Waals surface area contributed by atoms with Crippen LogP contribution in [0.4, 0.5) is 4.79 Å². The van der Waals surface area contributed by atoms with Crippen molar-refractivity contribution in [3.63, 3.8) is 0 Å². The van der Waals surface area contributed by atoms with Crippen molar-refractivity contribution in [1.82, 2.24) is 5.32 Å². The topological polar surface area (TPSA) is 82.3 Å². The molecular formula is C15H20N2O3. The first kappa shape index (κ1) is 16.0. The fraction of sp³-hybridized carbons (Fsp3) is 0.467. The molecule has 0 aliphatic carbocycles. The Morgan fingerprint density at radius 2 is 2.20 bits per heavy atom. The number of alkyl carbamates (subject to hydrolysis) is 1. The van der Waals surface area contributed by atoms with E-state index in [-0.39, 0.29) is 12.6 Å². The van der Waals surface area contributed by atoms with Gasteiger partial charge in [0.25, 0.3) is 0 Å². The highest BCUT2D eigenvalue weighted by atomic mass is 16.6. The van der Waals surface area contributed by atoms with E-state index in [0.29, 0.717) is 12.0 Å². The van der Waals surface area contributed by atoms with Gasteiger partial charge in [0.1, 0.15) is 5.60 Å². The third-order valence-corrected chi connectivity index (χ3v) is 2.53. The average molecular weight is 276 g/mol.